The molecule has 8 heteroatoms. The lowest BCUT2D eigenvalue weighted by Gasteiger charge is -2.19. The summed E-state index contributed by atoms with van der Waals surface area (Å²) >= 11 is 1.29. The quantitative estimate of drug-likeness (QED) is 0.325. The van der Waals surface area contributed by atoms with Gasteiger partial charge in [0.1, 0.15) is 16.5 Å². The van der Waals surface area contributed by atoms with E-state index in [1.54, 1.807) is 41.3 Å². The number of aromatic nitrogens is 2. The lowest BCUT2D eigenvalue weighted by atomic mass is 10.1. The SMILES string of the molecule is CCN(CC)C(=O)c1cccc(NC(=O)CSc2nnc(-c3ccc(F)cc3)c3ccccc23)c1. The minimum Gasteiger partial charge on any atom is -0.339 e. The molecule has 0 saturated carbocycles. The summed E-state index contributed by atoms with van der Waals surface area (Å²) in [7, 11) is 0. The van der Waals surface area contributed by atoms with Crippen molar-refractivity contribution >= 4 is 40.0 Å². The van der Waals surface area contributed by atoms with E-state index in [0.717, 1.165) is 16.3 Å². The number of amides is 2. The van der Waals surface area contributed by atoms with Crippen LogP contribution >= 0.6 is 11.8 Å². The molecule has 0 bridgehead atoms. The molecule has 2 amide bonds. The van der Waals surface area contributed by atoms with Crippen LogP contribution in [-0.4, -0.2) is 45.8 Å². The molecule has 6 nitrogen and oxygen atoms in total. The summed E-state index contributed by atoms with van der Waals surface area (Å²) in [5.41, 5.74) is 2.52. The molecule has 0 aliphatic carbocycles. The number of nitrogens with zero attached hydrogens (tertiary/aromatic N) is 3. The zero-order chi connectivity index (χ0) is 24.8. The number of fused-ring (bicyclic) bond motifs is 1. The van der Waals surface area contributed by atoms with Gasteiger partial charge in [-0.05, 0) is 56.3 Å². The van der Waals surface area contributed by atoms with E-state index in [4.69, 9.17) is 0 Å². The van der Waals surface area contributed by atoms with Gasteiger partial charge in [0, 0.05) is 40.7 Å². The maximum absolute atomic E-state index is 13.3. The summed E-state index contributed by atoms with van der Waals surface area (Å²) in [5.74, 6) is -0.463. The monoisotopic (exact) mass is 488 g/mol. The van der Waals surface area contributed by atoms with Crippen molar-refractivity contribution in [2.75, 3.05) is 24.2 Å². The Morgan fingerprint density at radius 1 is 0.914 bits per heavy atom. The molecule has 178 valence electrons. The van der Waals surface area contributed by atoms with E-state index in [1.807, 2.05) is 38.1 Å². The number of benzene rings is 3. The molecule has 0 aliphatic heterocycles. The Bertz CT molecular complexity index is 1360. The van der Waals surface area contributed by atoms with E-state index in [2.05, 4.69) is 15.5 Å². The third kappa shape index (κ3) is 5.66. The van der Waals surface area contributed by atoms with Gasteiger partial charge in [0.15, 0.2) is 0 Å². The Labute approximate surface area is 207 Å². The van der Waals surface area contributed by atoms with Crippen LogP contribution < -0.4 is 5.32 Å². The fraction of sp³-hybridized carbons (Fsp3) is 0.185. The molecule has 0 spiro atoms. The molecular weight excluding hydrogens is 463 g/mol. The summed E-state index contributed by atoms with van der Waals surface area (Å²) < 4.78 is 13.3. The zero-order valence-corrected chi connectivity index (χ0v) is 20.3. The van der Waals surface area contributed by atoms with Crippen LogP contribution in [0.3, 0.4) is 0 Å². The molecule has 4 rings (SSSR count). The van der Waals surface area contributed by atoms with Crippen LogP contribution in [0.5, 0.6) is 0 Å². The molecule has 0 aliphatic rings. The second-order valence-corrected chi connectivity index (χ2v) is 8.77. The van der Waals surface area contributed by atoms with E-state index < -0.39 is 0 Å². The predicted molar refractivity (Wildman–Crippen MR) is 138 cm³/mol. The van der Waals surface area contributed by atoms with Crippen molar-refractivity contribution in [2.45, 2.75) is 18.9 Å². The third-order valence-electron chi connectivity index (χ3n) is 5.55. The second-order valence-electron chi connectivity index (χ2n) is 7.80. The maximum atomic E-state index is 13.3. The van der Waals surface area contributed by atoms with Crippen LogP contribution in [0.2, 0.25) is 0 Å². The average Bonchev–Trinajstić information content (AvgIpc) is 2.88. The Balaban J connectivity index is 1.48. The number of halogens is 1. The second kappa shape index (κ2) is 11.1. The first-order chi connectivity index (χ1) is 17.0. The largest absolute Gasteiger partial charge is 0.339 e. The molecule has 0 atom stereocenters. The van der Waals surface area contributed by atoms with Crippen molar-refractivity contribution in [1.82, 2.24) is 15.1 Å². The fourth-order valence-corrected chi connectivity index (χ4v) is 4.53. The van der Waals surface area contributed by atoms with E-state index >= 15 is 0 Å². The van der Waals surface area contributed by atoms with Gasteiger partial charge in [-0.2, -0.15) is 0 Å². The van der Waals surface area contributed by atoms with Gasteiger partial charge in [-0.3, -0.25) is 9.59 Å². The molecule has 0 saturated heterocycles. The van der Waals surface area contributed by atoms with Crippen LogP contribution in [0.25, 0.3) is 22.0 Å². The smallest absolute Gasteiger partial charge is 0.253 e. The topological polar surface area (TPSA) is 75.2 Å². The Morgan fingerprint density at radius 2 is 1.63 bits per heavy atom. The highest BCUT2D eigenvalue weighted by Gasteiger charge is 2.15. The zero-order valence-electron chi connectivity index (χ0n) is 19.5. The highest BCUT2D eigenvalue weighted by molar-refractivity contribution is 8.00. The molecule has 1 N–H and O–H groups in total. The number of hydrogen-bond acceptors (Lipinski definition) is 5. The Kier molecular flexibility index (Phi) is 7.72. The number of rotatable bonds is 8. The lowest BCUT2D eigenvalue weighted by molar-refractivity contribution is -0.113. The van der Waals surface area contributed by atoms with Crippen LogP contribution in [0, 0.1) is 5.82 Å². The molecule has 0 unspecified atom stereocenters. The molecule has 0 fully saturated rings. The fourth-order valence-electron chi connectivity index (χ4n) is 3.76. The first-order valence-corrected chi connectivity index (χ1v) is 12.3. The minimum absolute atomic E-state index is 0.0662. The standard InChI is InChI=1S/C27H25FN4O2S/c1-3-32(4-2)27(34)19-8-7-9-21(16-19)29-24(33)17-35-26-23-11-6-5-10-22(23)25(30-31-26)18-12-14-20(28)15-13-18/h5-16H,3-4,17H2,1-2H3,(H,29,33). The van der Waals surface area contributed by atoms with Crippen molar-refractivity contribution in [3.8, 4) is 11.3 Å². The van der Waals surface area contributed by atoms with Crippen molar-refractivity contribution in [3.63, 3.8) is 0 Å². The highest BCUT2D eigenvalue weighted by atomic mass is 32.2. The number of anilines is 1. The van der Waals surface area contributed by atoms with E-state index in [9.17, 15) is 14.0 Å². The number of thioether (sulfide) groups is 1. The first kappa shape index (κ1) is 24.3. The first-order valence-electron chi connectivity index (χ1n) is 11.3. The number of hydrogen-bond donors (Lipinski definition) is 1. The van der Waals surface area contributed by atoms with Gasteiger partial charge < -0.3 is 10.2 Å². The van der Waals surface area contributed by atoms with E-state index in [1.165, 1.54) is 23.9 Å². The van der Waals surface area contributed by atoms with Crippen LogP contribution in [0.1, 0.15) is 24.2 Å². The van der Waals surface area contributed by atoms with Crippen molar-refractivity contribution in [3.05, 3.63) is 84.2 Å². The lowest BCUT2D eigenvalue weighted by Crippen LogP contribution is -2.30. The van der Waals surface area contributed by atoms with Crippen molar-refractivity contribution in [2.24, 2.45) is 0 Å². The van der Waals surface area contributed by atoms with Crippen LogP contribution in [0.15, 0.2) is 77.8 Å². The summed E-state index contributed by atoms with van der Waals surface area (Å²) in [4.78, 5) is 27.0. The predicted octanol–water partition coefficient (Wildman–Crippen LogP) is 5.65. The van der Waals surface area contributed by atoms with Gasteiger partial charge in [0.05, 0.1) is 5.75 Å². The number of carbonyl (C=O) groups excluding carboxylic acids is 2. The van der Waals surface area contributed by atoms with Gasteiger partial charge in [0.2, 0.25) is 5.91 Å². The van der Waals surface area contributed by atoms with Gasteiger partial charge in [-0.15, -0.1) is 10.2 Å². The molecule has 4 aromatic rings. The number of nitrogens with one attached hydrogen (secondary N) is 1. The van der Waals surface area contributed by atoms with Gasteiger partial charge in [0.25, 0.3) is 5.91 Å². The van der Waals surface area contributed by atoms with Gasteiger partial charge >= 0.3 is 0 Å². The highest BCUT2D eigenvalue weighted by Crippen LogP contribution is 2.31. The maximum Gasteiger partial charge on any atom is 0.253 e. The van der Waals surface area contributed by atoms with Crippen LogP contribution in [0.4, 0.5) is 10.1 Å². The average molecular weight is 489 g/mol. The summed E-state index contributed by atoms with van der Waals surface area (Å²) in [6, 6.07) is 20.8. The molecular formula is C27H25FN4O2S. The van der Waals surface area contributed by atoms with Crippen molar-refractivity contribution in [1.29, 1.82) is 0 Å². The Hall–Kier alpha value is -3.78. The minimum atomic E-state index is -0.313. The molecule has 0 radical (unpaired) electrons. The molecule has 35 heavy (non-hydrogen) atoms. The van der Waals surface area contributed by atoms with E-state index in [0.29, 0.717) is 35.1 Å². The van der Waals surface area contributed by atoms with Crippen LogP contribution in [-0.2, 0) is 4.79 Å². The van der Waals surface area contributed by atoms with Gasteiger partial charge in [-0.1, -0.05) is 42.1 Å². The molecule has 1 heterocycles. The van der Waals surface area contributed by atoms with E-state index in [-0.39, 0.29) is 23.4 Å². The normalized spacial score (nSPS) is 10.8. The number of carbonyl (C=O) groups is 2. The molecule has 3 aromatic carbocycles. The summed E-state index contributed by atoms with van der Waals surface area (Å²) in [6.07, 6.45) is 0. The summed E-state index contributed by atoms with van der Waals surface area (Å²) in [6.45, 7) is 5.11. The van der Waals surface area contributed by atoms with Crippen molar-refractivity contribution < 1.29 is 14.0 Å². The third-order valence-corrected chi connectivity index (χ3v) is 6.54. The summed E-state index contributed by atoms with van der Waals surface area (Å²) in [5, 5.41) is 13.9. The Morgan fingerprint density at radius 3 is 2.34 bits per heavy atom. The molecule has 1 aromatic heterocycles. The van der Waals surface area contributed by atoms with Gasteiger partial charge in [-0.25, -0.2) is 4.39 Å².